The van der Waals surface area contributed by atoms with Gasteiger partial charge in [0.15, 0.2) is 27.6 Å². The first-order chi connectivity index (χ1) is 18.5. The Morgan fingerprint density at radius 3 is 2.20 bits per heavy atom. The molecule has 1 N–H and O–H groups in total. The first kappa shape index (κ1) is 29.9. The van der Waals surface area contributed by atoms with Crippen molar-refractivity contribution in [2.45, 2.75) is 44.5 Å². The Kier molecular flexibility index (Phi) is 8.24. The molecule has 1 aliphatic rings. The van der Waals surface area contributed by atoms with Crippen LogP contribution in [0.25, 0.3) is 11.4 Å². The fourth-order valence-corrected chi connectivity index (χ4v) is 5.23. The number of halogens is 7. The summed E-state index contributed by atoms with van der Waals surface area (Å²) in [5, 5.41) is 18.0. The normalized spacial score (nSPS) is 16.9. The van der Waals surface area contributed by atoms with E-state index in [1.54, 1.807) is 0 Å². The molecule has 0 saturated carbocycles. The van der Waals surface area contributed by atoms with Crippen LogP contribution in [0.2, 0.25) is 5.02 Å². The molecule has 11 nitrogen and oxygen atoms in total. The van der Waals surface area contributed by atoms with Crippen LogP contribution >= 0.6 is 11.6 Å². The lowest BCUT2D eigenvalue weighted by Crippen LogP contribution is -2.41. The maximum Gasteiger partial charge on any atom is 0.416 e. The quantitative estimate of drug-likeness (QED) is 0.381. The van der Waals surface area contributed by atoms with E-state index in [-0.39, 0.29) is 47.8 Å². The number of aliphatic hydroxyl groups excluding tert-OH is 1. The zero-order valence-electron chi connectivity index (χ0n) is 20.4. The molecule has 19 heteroatoms. The molecule has 3 aromatic rings. The SMILES string of the molecule is O=c1n(Cc2nc(N3CCS(=O)(=O)CC3)n(CCC(F)(F)F)n2)nc(-c2ccc(Cl)cc2)n1C[C@H](O)C(F)(F)F. The Bertz CT molecular complexity index is 1500. The predicted molar refractivity (Wildman–Crippen MR) is 130 cm³/mol. The van der Waals surface area contributed by atoms with Crippen LogP contribution in [0.5, 0.6) is 0 Å². The molecule has 1 atom stereocenters. The van der Waals surface area contributed by atoms with Crippen LogP contribution in [0.3, 0.4) is 0 Å². The van der Waals surface area contributed by atoms with Crippen LogP contribution in [-0.2, 0) is 29.5 Å². The number of benzene rings is 1. The smallest absolute Gasteiger partial charge is 0.382 e. The average molecular weight is 618 g/mol. The highest BCUT2D eigenvalue weighted by Crippen LogP contribution is 2.25. The summed E-state index contributed by atoms with van der Waals surface area (Å²) >= 11 is 5.87. The highest BCUT2D eigenvalue weighted by atomic mass is 35.5. The topological polar surface area (TPSA) is 128 Å². The van der Waals surface area contributed by atoms with Gasteiger partial charge in [0.25, 0.3) is 0 Å². The fraction of sp³-hybridized carbons (Fsp3) is 0.524. The van der Waals surface area contributed by atoms with Crippen molar-refractivity contribution in [3.63, 3.8) is 0 Å². The molecule has 0 aliphatic carbocycles. The Hall–Kier alpha value is -3.12. The molecule has 3 heterocycles. The van der Waals surface area contributed by atoms with Crippen molar-refractivity contribution in [1.82, 2.24) is 29.1 Å². The van der Waals surface area contributed by atoms with E-state index in [1.165, 1.54) is 29.2 Å². The van der Waals surface area contributed by atoms with E-state index in [4.69, 9.17) is 11.6 Å². The molecule has 1 fully saturated rings. The van der Waals surface area contributed by atoms with Crippen LogP contribution in [0.1, 0.15) is 12.2 Å². The number of rotatable bonds is 8. The highest BCUT2D eigenvalue weighted by Gasteiger charge is 2.39. The largest absolute Gasteiger partial charge is 0.416 e. The first-order valence-electron chi connectivity index (χ1n) is 11.7. The van der Waals surface area contributed by atoms with Crippen molar-refractivity contribution in [3.8, 4) is 11.4 Å². The molecule has 4 rings (SSSR count). The van der Waals surface area contributed by atoms with E-state index < -0.39 is 60.0 Å². The molecule has 0 amide bonds. The van der Waals surface area contributed by atoms with Gasteiger partial charge in [0.05, 0.1) is 31.0 Å². The van der Waals surface area contributed by atoms with Crippen LogP contribution in [0, 0.1) is 0 Å². The van der Waals surface area contributed by atoms with Crippen molar-refractivity contribution >= 4 is 27.4 Å². The van der Waals surface area contributed by atoms with Gasteiger partial charge in [-0.25, -0.2) is 22.6 Å². The summed E-state index contributed by atoms with van der Waals surface area (Å²) in [7, 11) is -3.32. The Labute approximate surface area is 227 Å². The van der Waals surface area contributed by atoms with E-state index in [0.717, 1.165) is 9.36 Å². The number of hydrogen-bond donors (Lipinski definition) is 1. The Balaban J connectivity index is 1.70. The van der Waals surface area contributed by atoms with E-state index >= 15 is 0 Å². The zero-order chi connectivity index (χ0) is 29.5. The minimum atomic E-state index is -5.03. The van der Waals surface area contributed by atoms with Crippen molar-refractivity contribution in [3.05, 3.63) is 45.6 Å². The van der Waals surface area contributed by atoms with Gasteiger partial charge in [-0.05, 0) is 24.3 Å². The van der Waals surface area contributed by atoms with Gasteiger partial charge in [-0.15, -0.1) is 5.10 Å². The second-order valence-electron chi connectivity index (χ2n) is 8.99. The van der Waals surface area contributed by atoms with Gasteiger partial charge >= 0.3 is 18.0 Å². The van der Waals surface area contributed by atoms with Gasteiger partial charge < -0.3 is 10.0 Å². The lowest BCUT2D eigenvalue weighted by molar-refractivity contribution is -0.207. The lowest BCUT2D eigenvalue weighted by atomic mass is 10.2. The van der Waals surface area contributed by atoms with Gasteiger partial charge in [-0.1, -0.05) is 11.6 Å². The number of aliphatic hydroxyl groups is 1. The molecular weight excluding hydrogens is 596 g/mol. The maximum atomic E-state index is 13.1. The van der Waals surface area contributed by atoms with Gasteiger partial charge in [0.1, 0.15) is 6.54 Å². The predicted octanol–water partition coefficient (Wildman–Crippen LogP) is 2.12. The van der Waals surface area contributed by atoms with Gasteiger partial charge in [-0.3, -0.25) is 4.57 Å². The number of sulfone groups is 1. The molecule has 0 unspecified atom stereocenters. The molecule has 1 aliphatic heterocycles. The van der Waals surface area contributed by atoms with E-state index in [9.17, 15) is 44.7 Å². The molecular formula is C21H22ClF6N7O4S. The van der Waals surface area contributed by atoms with E-state index in [2.05, 4.69) is 15.2 Å². The number of alkyl halides is 6. The second kappa shape index (κ2) is 11.0. The van der Waals surface area contributed by atoms with Crippen molar-refractivity contribution in [2.24, 2.45) is 0 Å². The zero-order valence-corrected chi connectivity index (χ0v) is 22.0. The highest BCUT2D eigenvalue weighted by molar-refractivity contribution is 7.91. The number of anilines is 1. The summed E-state index contributed by atoms with van der Waals surface area (Å²) in [6.45, 7) is -2.45. The van der Waals surface area contributed by atoms with Gasteiger partial charge in [-0.2, -0.15) is 36.4 Å². The van der Waals surface area contributed by atoms with Gasteiger partial charge in [0.2, 0.25) is 5.95 Å². The van der Waals surface area contributed by atoms with Crippen LogP contribution < -0.4 is 10.6 Å². The summed E-state index contributed by atoms with van der Waals surface area (Å²) < 4.78 is 104. The monoisotopic (exact) mass is 617 g/mol. The Morgan fingerprint density at radius 2 is 1.62 bits per heavy atom. The molecule has 220 valence electrons. The summed E-state index contributed by atoms with van der Waals surface area (Å²) in [5.74, 6) is -0.958. The standard InChI is InChI=1S/C21H22ClF6N7O4S/c22-14-3-1-13(2-4-14)17-31-35(19(37)33(17)11-15(36)21(26,27)28)12-16-29-18(32-7-9-40(38,39)10-8-32)34(30-16)6-5-20(23,24)25/h1-4,15,36H,5-12H2/t15-/m0/s1. The number of aryl methyl sites for hydroxylation is 1. The van der Waals surface area contributed by atoms with Gasteiger partial charge in [0, 0.05) is 23.7 Å². The molecule has 1 saturated heterocycles. The third kappa shape index (κ3) is 7.14. The minimum absolute atomic E-state index is 0.0445. The first-order valence-corrected chi connectivity index (χ1v) is 13.9. The van der Waals surface area contributed by atoms with Crippen LogP contribution in [0.4, 0.5) is 32.3 Å². The Morgan fingerprint density at radius 1 is 1.00 bits per heavy atom. The molecule has 1 aromatic carbocycles. The molecule has 0 spiro atoms. The minimum Gasteiger partial charge on any atom is -0.382 e. The third-order valence-electron chi connectivity index (χ3n) is 5.98. The number of nitrogens with zero attached hydrogens (tertiary/aromatic N) is 7. The molecule has 40 heavy (non-hydrogen) atoms. The van der Waals surface area contributed by atoms with Crippen molar-refractivity contribution in [2.75, 3.05) is 29.5 Å². The summed E-state index contributed by atoms with van der Waals surface area (Å²) in [4.78, 5) is 18.7. The van der Waals surface area contributed by atoms with Crippen LogP contribution in [-0.4, -0.2) is 85.7 Å². The average Bonchev–Trinajstić information content (AvgIpc) is 3.38. The summed E-state index contributed by atoms with van der Waals surface area (Å²) in [6.07, 6.45) is -13.7. The summed E-state index contributed by atoms with van der Waals surface area (Å²) in [6, 6.07) is 5.63. The van der Waals surface area contributed by atoms with Crippen molar-refractivity contribution in [1.29, 1.82) is 0 Å². The van der Waals surface area contributed by atoms with E-state index in [0.29, 0.717) is 9.59 Å². The molecule has 2 aromatic heterocycles. The fourth-order valence-electron chi connectivity index (χ4n) is 3.91. The van der Waals surface area contributed by atoms with E-state index in [1.807, 2.05) is 0 Å². The number of aromatic nitrogens is 6. The number of hydrogen-bond acceptors (Lipinski definition) is 8. The lowest BCUT2D eigenvalue weighted by Gasteiger charge is -2.27. The van der Waals surface area contributed by atoms with Crippen molar-refractivity contribution < 1.29 is 39.9 Å². The molecule has 0 radical (unpaired) electrons. The second-order valence-corrected chi connectivity index (χ2v) is 11.7. The molecule has 0 bridgehead atoms. The van der Waals surface area contributed by atoms with Crippen LogP contribution in [0.15, 0.2) is 29.1 Å². The third-order valence-corrected chi connectivity index (χ3v) is 7.84. The summed E-state index contributed by atoms with van der Waals surface area (Å²) in [5.41, 5.74) is -0.862. The maximum absolute atomic E-state index is 13.1.